The molecule has 1 heterocycles. The summed E-state index contributed by atoms with van der Waals surface area (Å²) in [5, 5.41) is 7.79. The van der Waals surface area contributed by atoms with Crippen LogP contribution in [0.25, 0.3) is 0 Å². The number of nitrogens with zero attached hydrogens (tertiary/aromatic N) is 2. The van der Waals surface area contributed by atoms with Crippen molar-refractivity contribution in [3.8, 4) is 0 Å². The van der Waals surface area contributed by atoms with Gasteiger partial charge in [0, 0.05) is 12.7 Å². The van der Waals surface area contributed by atoms with E-state index in [0.717, 1.165) is 17.6 Å². The normalized spacial score (nSPS) is 13.4. The lowest BCUT2D eigenvalue weighted by Gasteiger charge is -2.21. The van der Waals surface area contributed by atoms with Gasteiger partial charge in [0.2, 0.25) is 0 Å². The van der Waals surface area contributed by atoms with Crippen molar-refractivity contribution in [2.45, 2.75) is 33.2 Å². The van der Waals surface area contributed by atoms with Crippen LogP contribution in [0.3, 0.4) is 0 Å². The minimum absolute atomic E-state index is 0.433. The maximum atomic E-state index is 4.35. The molecule has 0 aromatic carbocycles. The molecule has 15 heavy (non-hydrogen) atoms. The van der Waals surface area contributed by atoms with Crippen LogP contribution in [0.4, 0.5) is 0 Å². The van der Waals surface area contributed by atoms with E-state index in [1.807, 2.05) is 17.1 Å². The highest BCUT2D eigenvalue weighted by Gasteiger charge is 2.15. The first kappa shape index (κ1) is 12.7. The highest BCUT2D eigenvalue weighted by molar-refractivity contribution is 9.10. The van der Waals surface area contributed by atoms with Crippen molar-refractivity contribution in [3.63, 3.8) is 0 Å². The van der Waals surface area contributed by atoms with Crippen LogP contribution in [-0.4, -0.2) is 22.9 Å². The van der Waals surface area contributed by atoms with Crippen molar-refractivity contribution in [1.29, 1.82) is 0 Å². The SMILES string of the molecule is CCCNCC(C(C)C)n1cc(Br)cn1. The number of halogens is 1. The second kappa shape index (κ2) is 6.28. The predicted molar refractivity (Wildman–Crippen MR) is 67.0 cm³/mol. The molecular weight excluding hydrogens is 254 g/mol. The molecule has 0 bridgehead atoms. The molecule has 1 aromatic heterocycles. The highest BCUT2D eigenvalue weighted by Crippen LogP contribution is 2.18. The number of nitrogens with one attached hydrogen (secondary N) is 1. The molecule has 0 aliphatic rings. The van der Waals surface area contributed by atoms with Crippen LogP contribution in [0, 0.1) is 5.92 Å². The van der Waals surface area contributed by atoms with Gasteiger partial charge in [-0.1, -0.05) is 20.8 Å². The Morgan fingerprint density at radius 3 is 2.73 bits per heavy atom. The van der Waals surface area contributed by atoms with Crippen LogP contribution in [-0.2, 0) is 0 Å². The summed E-state index contributed by atoms with van der Waals surface area (Å²) in [5.74, 6) is 0.584. The van der Waals surface area contributed by atoms with E-state index < -0.39 is 0 Å². The number of rotatable bonds is 6. The first-order chi connectivity index (χ1) is 7.15. The van der Waals surface area contributed by atoms with E-state index in [2.05, 4.69) is 47.1 Å². The largest absolute Gasteiger partial charge is 0.315 e. The summed E-state index contributed by atoms with van der Waals surface area (Å²) in [4.78, 5) is 0. The van der Waals surface area contributed by atoms with Crippen LogP contribution in [0.15, 0.2) is 16.9 Å². The van der Waals surface area contributed by atoms with Gasteiger partial charge in [0.25, 0.3) is 0 Å². The standard InChI is InChI=1S/C11H20BrN3/c1-4-5-13-7-11(9(2)3)15-8-10(12)6-14-15/h6,8-9,11,13H,4-5,7H2,1-3H3. The van der Waals surface area contributed by atoms with E-state index >= 15 is 0 Å². The third kappa shape index (κ3) is 3.95. The van der Waals surface area contributed by atoms with Crippen LogP contribution in [0.1, 0.15) is 33.2 Å². The third-order valence-electron chi connectivity index (χ3n) is 2.46. The summed E-state index contributed by atoms with van der Waals surface area (Å²) >= 11 is 3.43. The summed E-state index contributed by atoms with van der Waals surface area (Å²) in [7, 11) is 0. The Kier molecular flexibility index (Phi) is 5.32. The topological polar surface area (TPSA) is 29.9 Å². The summed E-state index contributed by atoms with van der Waals surface area (Å²) in [5.41, 5.74) is 0. The summed E-state index contributed by atoms with van der Waals surface area (Å²) in [6.07, 6.45) is 5.06. The van der Waals surface area contributed by atoms with E-state index in [4.69, 9.17) is 0 Å². The average molecular weight is 274 g/mol. The lowest BCUT2D eigenvalue weighted by molar-refractivity contribution is 0.330. The van der Waals surface area contributed by atoms with Crippen molar-refractivity contribution in [1.82, 2.24) is 15.1 Å². The van der Waals surface area contributed by atoms with Gasteiger partial charge in [0.1, 0.15) is 0 Å². The smallest absolute Gasteiger partial charge is 0.0666 e. The maximum Gasteiger partial charge on any atom is 0.0666 e. The van der Waals surface area contributed by atoms with Crippen molar-refractivity contribution in [2.24, 2.45) is 5.92 Å². The van der Waals surface area contributed by atoms with Crippen molar-refractivity contribution < 1.29 is 0 Å². The van der Waals surface area contributed by atoms with E-state index in [1.165, 1.54) is 6.42 Å². The Hall–Kier alpha value is -0.350. The van der Waals surface area contributed by atoms with E-state index in [9.17, 15) is 0 Å². The van der Waals surface area contributed by atoms with Crippen molar-refractivity contribution in [3.05, 3.63) is 16.9 Å². The fraction of sp³-hybridized carbons (Fsp3) is 0.727. The quantitative estimate of drug-likeness (QED) is 0.808. The zero-order valence-electron chi connectivity index (χ0n) is 9.70. The first-order valence-corrected chi connectivity index (χ1v) is 6.34. The average Bonchev–Trinajstić information content (AvgIpc) is 2.59. The molecule has 0 saturated carbocycles. The molecule has 0 radical (unpaired) electrons. The van der Waals surface area contributed by atoms with Crippen LogP contribution >= 0.6 is 15.9 Å². The molecule has 0 saturated heterocycles. The fourth-order valence-corrected chi connectivity index (χ4v) is 1.86. The number of hydrogen-bond donors (Lipinski definition) is 1. The zero-order valence-corrected chi connectivity index (χ0v) is 11.3. The van der Waals surface area contributed by atoms with Gasteiger partial charge in [0.15, 0.2) is 0 Å². The Morgan fingerprint density at radius 1 is 1.53 bits per heavy atom. The van der Waals surface area contributed by atoms with E-state index in [-0.39, 0.29) is 0 Å². The Morgan fingerprint density at radius 2 is 2.27 bits per heavy atom. The third-order valence-corrected chi connectivity index (χ3v) is 2.87. The maximum absolute atomic E-state index is 4.35. The molecule has 1 aromatic rings. The van der Waals surface area contributed by atoms with Gasteiger partial charge in [-0.25, -0.2) is 0 Å². The van der Waals surface area contributed by atoms with Gasteiger partial charge in [-0.2, -0.15) is 5.10 Å². The Labute approximate surface area is 100 Å². The van der Waals surface area contributed by atoms with Gasteiger partial charge in [-0.3, -0.25) is 4.68 Å². The molecule has 0 fully saturated rings. The van der Waals surface area contributed by atoms with Crippen molar-refractivity contribution in [2.75, 3.05) is 13.1 Å². The lowest BCUT2D eigenvalue weighted by Crippen LogP contribution is -2.29. The van der Waals surface area contributed by atoms with Crippen LogP contribution in [0.5, 0.6) is 0 Å². The zero-order chi connectivity index (χ0) is 11.3. The van der Waals surface area contributed by atoms with E-state index in [0.29, 0.717) is 12.0 Å². The van der Waals surface area contributed by atoms with Gasteiger partial charge < -0.3 is 5.32 Å². The van der Waals surface area contributed by atoms with Crippen LogP contribution < -0.4 is 5.32 Å². The highest BCUT2D eigenvalue weighted by atomic mass is 79.9. The molecule has 0 amide bonds. The van der Waals surface area contributed by atoms with Gasteiger partial charge in [0.05, 0.1) is 16.7 Å². The molecule has 1 N–H and O–H groups in total. The predicted octanol–water partition coefficient (Wildman–Crippen LogP) is 2.84. The number of aromatic nitrogens is 2. The Bertz CT molecular complexity index is 283. The summed E-state index contributed by atoms with van der Waals surface area (Å²) < 4.78 is 3.08. The molecular formula is C11H20BrN3. The molecule has 1 atom stereocenters. The molecule has 0 spiro atoms. The first-order valence-electron chi connectivity index (χ1n) is 5.55. The fourth-order valence-electron chi connectivity index (χ4n) is 1.56. The second-order valence-electron chi connectivity index (χ2n) is 4.15. The molecule has 4 heteroatoms. The summed E-state index contributed by atoms with van der Waals surface area (Å²) in [6, 6.07) is 0.433. The lowest BCUT2D eigenvalue weighted by atomic mass is 10.0. The molecule has 1 rings (SSSR count). The Balaban J connectivity index is 2.58. The molecule has 0 aliphatic carbocycles. The van der Waals surface area contributed by atoms with Gasteiger partial charge in [-0.05, 0) is 34.8 Å². The molecule has 3 nitrogen and oxygen atoms in total. The van der Waals surface area contributed by atoms with Crippen molar-refractivity contribution >= 4 is 15.9 Å². The second-order valence-corrected chi connectivity index (χ2v) is 5.07. The van der Waals surface area contributed by atoms with Gasteiger partial charge in [-0.15, -0.1) is 0 Å². The minimum atomic E-state index is 0.433. The van der Waals surface area contributed by atoms with E-state index in [1.54, 1.807) is 0 Å². The monoisotopic (exact) mass is 273 g/mol. The molecule has 1 unspecified atom stereocenters. The molecule has 86 valence electrons. The minimum Gasteiger partial charge on any atom is -0.315 e. The number of hydrogen-bond acceptors (Lipinski definition) is 2. The van der Waals surface area contributed by atoms with Gasteiger partial charge >= 0.3 is 0 Å². The van der Waals surface area contributed by atoms with Crippen LogP contribution in [0.2, 0.25) is 0 Å². The molecule has 0 aliphatic heterocycles. The summed E-state index contributed by atoms with van der Waals surface area (Å²) in [6.45, 7) is 8.70.